The second-order valence-electron chi connectivity index (χ2n) is 6.70. The van der Waals surface area contributed by atoms with Gasteiger partial charge in [0.05, 0.1) is 6.61 Å². The van der Waals surface area contributed by atoms with Gasteiger partial charge in [-0.3, -0.25) is 4.79 Å². The zero-order valence-corrected chi connectivity index (χ0v) is 15.2. The van der Waals surface area contributed by atoms with Crippen LogP contribution in [0.2, 0.25) is 0 Å². The highest BCUT2D eigenvalue weighted by Crippen LogP contribution is 2.30. The number of methoxy groups -OCH3 is 1. The van der Waals surface area contributed by atoms with Crippen LogP contribution in [0.5, 0.6) is 5.75 Å². The number of nitrogens with zero attached hydrogens (tertiary/aromatic N) is 1. The average Bonchev–Trinajstić information content (AvgIpc) is 3.45. The van der Waals surface area contributed by atoms with E-state index in [2.05, 4.69) is 0 Å². The molecule has 0 N–H and O–H groups in total. The molecule has 1 aliphatic rings. The van der Waals surface area contributed by atoms with Crippen molar-refractivity contribution in [3.63, 3.8) is 0 Å². The van der Waals surface area contributed by atoms with Gasteiger partial charge in [-0.15, -0.1) is 0 Å². The molecule has 4 nitrogen and oxygen atoms in total. The summed E-state index contributed by atoms with van der Waals surface area (Å²) in [6.45, 7) is 2.98. The standard InChI is InChI=1S/C21H24FNO3/c1-15(14-25-2)26-20-5-3-4-16(12-20)13-23(19-10-11-19)21(24)17-6-8-18(22)9-7-17/h3-9,12,15,19H,10-11,13-14H2,1-2H3. The first kappa shape index (κ1) is 18.4. The van der Waals surface area contributed by atoms with Crippen molar-refractivity contribution in [2.45, 2.75) is 38.5 Å². The minimum absolute atomic E-state index is 0.0457. The molecule has 0 heterocycles. The minimum atomic E-state index is -0.338. The monoisotopic (exact) mass is 357 g/mol. The summed E-state index contributed by atoms with van der Waals surface area (Å²) in [5, 5.41) is 0. The molecule has 1 aliphatic carbocycles. The summed E-state index contributed by atoms with van der Waals surface area (Å²) >= 11 is 0. The van der Waals surface area contributed by atoms with Crippen molar-refractivity contribution in [3.05, 3.63) is 65.5 Å². The Morgan fingerprint density at radius 2 is 1.96 bits per heavy atom. The van der Waals surface area contributed by atoms with Crippen molar-refractivity contribution in [1.82, 2.24) is 4.90 Å². The van der Waals surface area contributed by atoms with Crippen molar-refractivity contribution in [1.29, 1.82) is 0 Å². The van der Waals surface area contributed by atoms with Crippen molar-refractivity contribution in [3.8, 4) is 5.75 Å². The topological polar surface area (TPSA) is 38.8 Å². The minimum Gasteiger partial charge on any atom is -0.488 e. The fraction of sp³-hybridized carbons (Fsp3) is 0.381. The Hall–Kier alpha value is -2.40. The Labute approximate surface area is 153 Å². The summed E-state index contributed by atoms with van der Waals surface area (Å²) in [7, 11) is 1.64. The number of carbonyl (C=O) groups excluding carboxylic acids is 1. The molecule has 0 bridgehead atoms. The number of halogens is 1. The predicted molar refractivity (Wildman–Crippen MR) is 97.7 cm³/mol. The summed E-state index contributed by atoms with van der Waals surface area (Å²) in [6.07, 6.45) is 1.97. The van der Waals surface area contributed by atoms with Gasteiger partial charge in [-0.05, 0) is 61.7 Å². The van der Waals surface area contributed by atoms with Gasteiger partial charge >= 0.3 is 0 Å². The van der Waals surface area contributed by atoms with E-state index in [0.29, 0.717) is 18.7 Å². The summed E-state index contributed by atoms with van der Waals surface area (Å²) in [6, 6.07) is 13.8. The second kappa shape index (κ2) is 8.32. The van der Waals surface area contributed by atoms with E-state index >= 15 is 0 Å². The molecular weight excluding hydrogens is 333 g/mol. The van der Waals surface area contributed by atoms with Gasteiger partial charge in [-0.25, -0.2) is 4.39 Å². The molecule has 2 aromatic carbocycles. The Bertz CT molecular complexity index is 743. The Kier molecular flexibility index (Phi) is 5.89. The van der Waals surface area contributed by atoms with Crippen LogP contribution in [0, 0.1) is 5.82 Å². The molecule has 1 atom stereocenters. The van der Waals surface area contributed by atoms with E-state index in [1.807, 2.05) is 36.1 Å². The molecule has 1 fully saturated rings. The van der Waals surface area contributed by atoms with Gasteiger partial charge < -0.3 is 14.4 Å². The van der Waals surface area contributed by atoms with Crippen molar-refractivity contribution >= 4 is 5.91 Å². The SMILES string of the molecule is COCC(C)Oc1cccc(CN(C(=O)c2ccc(F)cc2)C2CC2)c1. The maximum absolute atomic E-state index is 13.1. The highest BCUT2D eigenvalue weighted by atomic mass is 19.1. The number of hydrogen-bond acceptors (Lipinski definition) is 3. The highest BCUT2D eigenvalue weighted by molar-refractivity contribution is 5.94. The lowest BCUT2D eigenvalue weighted by Crippen LogP contribution is -2.32. The lowest BCUT2D eigenvalue weighted by molar-refractivity contribution is 0.0729. The van der Waals surface area contributed by atoms with Crippen LogP contribution in [0.3, 0.4) is 0 Å². The lowest BCUT2D eigenvalue weighted by atomic mass is 10.1. The van der Waals surface area contributed by atoms with Gasteiger partial charge in [-0.1, -0.05) is 12.1 Å². The van der Waals surface area contributed by atoms with Gasteiger partial charge in [0.15, 0.2) is 0 Å². The highest BCUT2D eigenvalue weighted by Gasteiger charge is 2.33. The molecular formula is C21H24FNO3. The Morgan fingerprint density at radius 1 is 1.23 bits per heavy atom. The lowest BCUT2D eigenvalue weighted by Gasteiger charge is -2.23. The number of ether oxygens (including phenoxy) is 2. The van der Waals surface area contributed by atoms with Crippen LogP contribution in [-0.4, -0.2) is 36.7 Å². The zero-order valence-electron chi connectivity index (χ0n) is 15.2. The van der Waals surface area contributed by atoms with Crippen LogP contribution in [0.1, 0.15) is 35.7 Å². The molecule has 1 unspecified atom stereocenters. The normalized spacial score (nSPS) is 14.7. The number of rotatable bonds is 8. The van der Waals surface area contributed by atoms with Gasteiger partial charge in [-0.2, -0.15) is 0 Å². The van der Waals surface area contributed by atoms with E-state index in [4.69, 9.17) is 9.47 Å². The van der Waals surface area contributed by atoms with Gasteiger partial charge in [0.25, 0.3) is 5.91 Å². The molecule has 0 radical (unpaired) electrons. The molecule has 0 saturated heterocycles. The van der Waals surface area contributed by atoms with Crippen LogP contribution in [0.15, 0.2) is 48.5 Å². The van der Waals surface area contributed by atoms with Crippen LogP contribution in [0.4, 0.5) is 4.39 Å². The van der Waals surface area contributed by atoms with Crippen molar-refractivity contribution in [2.24, 2.45) is 0 Å². The van der Waals surface area contributed by atoms with Crippen molar-refractivity contribution < 1.29 is 18.7 Å². The summed E-state index contributed by atoms with van der Waals surface area (Å²) in [4.78, 5) is 14.7. The molecule has 0 aliphatic heterocycles. The fourth-order valence-corrected chi connectivity index (χ4v) is 2.93. The van der Waals surface area contributed by atoms with E-state index in [-0.39, 0.29) is 23.9 Å². The van der Waals surface area contributed by atoms with E-state index in [1.165, 1.54) is 12.1 Å². The molecule has 138 valence electrons. The first-order valence-corrected chi connectivity index (χ1v) is 8.88. The Balaban J connectivity index is 1.72. The van der Waals surface area contributed by atoms with Crippen LogP contribution >= 0.6 is 0 Å². The van der Waals surface area contributed by atoms with E-state index in [9.17, 15) is 9.18 Å². The smallest absolute Gasteiger partial charge is 0.254 e. The predicted octanol–water partition coefficient (Wildman–Crippen LogP) is 4.04. The number of benzene rings is 2. The molecule has 0 spiro atoms. The largest absolute Gasteiger partial charge is 0.488 e. The molecule has 3 rings (SSSR count). The van der Waals surface area contributed by atoms with Crippen LogP contribution < -0.4 is 4.74 Å². The number of amides is 1. The molecule has 26 heavy (non-hydrogen) atoms. The molecule has 5 heteroatoms. The Morgan fingerprint density at radius 3 is 2.62 bits per heavy atom. The van der Waals surface area contributed by atoms with E-state index < -0.39 is 0 Å². The summed E-state index contributed by atoms with van der Waals surface area (Å²) < 4.78 is 24.1. The maximum atomic E-state index is 13.1. The average molecular weight is 357 g/mol. The molecule has 0 aromatic heterocycles. The first-order chi connectivity index (χ1) is 12.6. The first-order valence-electron chi connectivity index (χ1n) is 8.88. The number of hydrogen-bond donors (Lipinski definition) is 0. The van der Waals surface area contributed by atoms with Gasteiger partial charge in [0, 0.05) is 25.3 Å². The van der Waals surface area contributed by atoms with Gasteiger partial charge in [0.1, 0.15) is 17.7 Å². The van der Waals surface area contributed by atoms with Gasteiger partial charge in [0.2, 0.25) is 0 Å². The zero-order chi connectivity index (χ0) is 18.5. The molecule has 2 aromatic rings. The van der Waals surface area contributed by atoms with Crippen molar-refractivity contribution in [2.75, 3.05) is 13.7 Å². The quantitative estimate of drug-likeness (QED) is 0.716. The third-order valence-electron chi connectivity index (χ3n) is 4.33. The summed E-state index contributed by atoms with van der Waals surface area (Å²) in [5.74, 6) is 0.359. The van der Waals surface area contributed by atoms with E-state index in [0.717, 1.165) is 24.2 Å². The fourth-order valence-electron chi connectivity index (χ4n) is 2.93. The third kappa shape index (κ3) is 4.82. The van der Waals surface area contributed by atoms with Crippen LogP contribution in [-0.2, 0) is 11.3 Å². The molecule has 1 amide bonds. The third-order valence-corrected chi connectivity index (χ3v) is 4.33. The van der Waals surface area contributed by atoms with Crippen LogP contribution in [0.25, 0.3) is 0 Å². The van der Waals surface area contributed by atoms with E-state index in [1.54, 1.807) is 19.2 Å². The number of carbonyl (C=O) groups is 1. The molecule has 1 saturated carbocycles. The second-order valence-corrected chi connectivity index (χ2v) is 6.70. The summed E-state index contributed by atoms with van der Waals surface area (Å²) in [5.41, 5.74) is 1.52. The maximum Gasteiger partial charge on any atom is 0.254 e.